The fraction of sp³-hybridized carbons (Fsp3) is 0.0833. The van der Waals surface area contributed by atoms with Crippen LogP contribution in [0.2, 0.25) is 5.15 Å². The summed E-state index contributed by atoms with van der Waals surface area (Å²) >= 11 is 9.09. The molecular weight excluding hydrogens is 366 g/mol. The van der Waals surface area contributed by atoms with E-state index in [0.717, 1.165) is 0 Å². The van der Waals surface area contributed by atoms with Crippen molar-refractivity contribution in [1.29, 1.82) is 0 Å². The first-order chi connectivity index (χ1) is 9.29. The molecule has 2 rings (SSSR count). The number of benzene rings is 1. The molecule has 0 unspecified atom stereocenters. The zero-order valence-electron chi connectivity index (χ0n) is 10.4. The molecule has 0 bridgehead atoms. The number of nitrogen functional groups attached to an aromatic ring is 1. The third-order valence-corrected chi connectivity index (χ3v) is 4.79. The quantitative estimate of drug-likeness (QED) is 0.636. The van der Waals surface area contributed by atoms with Crippen LogP contribution in [0.3, 0.4) is 0 Å². The molecule has 5 nitrogen and oxygen atoms in total. The van der Waals surface area contributed by atoms with E-state index in [-0.39, 0.29) is 15.7 Å². The maximum Gasteiger partial charge on any atom is 0.262 e. The van der Waals surface area contributed by atoms with Crippen LogP contribution in [0.4, 0.5) is 11.4 Å². The van der Waals surface area contributed by atoms with Crippen molar-refractivity contribution in [2.45, 2.75) is 11.8 Å². The number of aryl methyl sites for hydroxylation is 1. The average Bonchev–Trinajstić information content (AvgIpc) is 2.36. The molecule has 20 heavy (non-hydrogen) atoms. The zero-order valence-corrected chi connectivity index (χ0v) is 13.6. The van der Waals surface area contributed by atoms with Gasteiger partial charge in [0, 0.05) is 16.4 Å². The number of rotatable bonds is 3. The molecule has 1 aromatic heterocycles. The molecule has 0 spiro atoms. The van der Waals surface area contributed by atoms with Crippen LogP contribution in [0.25, 0.3) is 0 Å². The van der Waals surface area contributed by atoms with Gasteiger partial charge in [0.25, 0.3) is 10.0 Å². The molecule has 0 aliphatic carbocycles. The number of hydrogen-bond donors (Lipinski definition) is 2. The molecule has 106 valence electrons. The first-order valence-corrected chi connectivity index (χ1v) is 8.15. The molecule has 3 N–H and O–H groups in total. The number of nitrogens with one attached hydrogen (secondary N) is 1. The molecule has 8 heteroatoms. The first-order valence-electron chi connectivity index (χ1n) is 5.49. The standard InChI is InChI=1S/C12H11BrClN3O2S/c1-7-2-3-9(15)5-11(7)20(18,19)17-10-4-8(13)6-16-12(10)14/h2-6,17H,15H2,1H3. The van der Waals surface area contributed by atoms with E-state index in [1.807, 2.05) is 0 Å². The molecule has 0 fully saturated rings. The number of halogens is 2. The summed E-state index contributed by atoms with van der Waals surface area (Å²) in [6.45, 7) is 1.69. The van der Waals surface area contributed by atoms with Crippen molar-refractivity contribution in [2.24, 2.45) is 0 Å². The Morgan fingerprint density at radius 2 is 2.05 bits per heavy atom. The van der Waals surface area contributed by atoms with Crippen molar-refractivity contribution in [3.63, 3.8) is 0 Å². The van der Waals surface area contributed by atoms with E-state index in [1.54, 1.807) is 19.1 Å². The van der Waals surface area contributed by atoms with E-state index >= 15 is 0 Å². The zero-order chi connectivity index (χ0) is 14.9. The van der Waals surface area contributed by atoms with E-state index < -0.39 is 10.0 Å². The predicted octanol–water partition coefficient (Wildman–Crippen LogP) is 3.19. The van der Waals surface area contributed by atoms with Crippen LogP contribution in [0.1, 0.15) is 5.56 Å². The lowest BCUT2D eigenvalue weighted by Crippen LogP contribution is -2.15. The van der Waals surface area contributed by atoms with E-state index in [4.69, 9.17) is 17.3 Å². The van der Waals surface area contributed by atoms with Crippen molar-refractivity contribution in [3.05, 3.63) is 45.7 Å². The number of sulfonamides is 1. The minimum atomic E-state index is -3.78. The highest BCUT2D eigenvalue weighted by Crippen LogP contribution is 2.27. The van der Waals surface area contributed by atoms with Crippen LogP contribution < -0.4 is 10.5 Å². The number of nitrogens with two attached hydrogens (primary N) is 1. The normalized spacial score (nSPS) is 11.3. The van der Waals surface area contributed by atoms with E-state index in [2.05, 4.69) is 25.6 Å². The summed E-state index contributed by atoms with van der Waals surface area (Å²) in [5.74, 6) is 0. The summed E-state index contributed by atoms with van der Waals surface area (Å²) in [7, 11) is -3.78. The van der Waals surface area contributed by atoms with Gasteiger partial charge < -0.3 is 5.73 Å². The number of aromatic nitrogens is 1. The number of pyridine rings is 1. The lowest BCUT2D eigenvalue weighted by Gasteiger charge is -2.12. The Bertz CT molecular complexity index is 765. The molecule has 0 aliphatic rings. The molecule has 1 heterocycles. The summed E-state index contributed by atoms with van der Waals surface area (Å²) in [5.41, 5.74) is 6.79. The predicted molar refractivity (Wildman–Crippen MR) is 83.3 cm³/mol. The van der Waals surface area contributed by atoms with Gasteiger partial charge in [-0.25, -0.2) is 13.4 Å². The minimum Gasteiger partial charge on any atom is -0.399 e. The van der Waals surface area contributed by atoms with Crippen molar-refractivity contribution >= 4 is 48.9 Å². The summed E-state index contributed by atoms with van der Waals surface area (Å²) in [5, 5.41) is 0.0679. The van der Waals surface area contributed by atoms with Crippen molar-refractivity contribution in [1.82, 2.24) is 4.98 Å². The maximum absolute atomic E-state index is 12.4. The summed E-state index contributed by atoms with van der Waals surface area (Å²) in [4.78, 5) is 3.97. The summed E-state index contributed by atoms with van der Waals surface area (Å²) < 4.78 is 27.8. The maximum atomic E-state index is 12.4. The lowest BCUT2D eigenvalue weighted by atomic mass is 10.2. The second kappa shape index (κ2) is 5.59. The molecule has 1 aromatic carbocycles. The Kier molecular flexibility index (Phi) is 4.22. The second-order valence-corrected chi connectivity index (χ2v) is 7.05. The molecule has 0 atom stereocenters. The Morgan fingerprint density at radius 1 is 1.35 bits per heavy atom. The third-order valence-electron chi connectivity index (χ3n) is 2.55. The summed E-state index contributed by atoms with van der Waals surface area (Å²) in [6.07, 6.45) is 1.48. The highest BCUT2D eigenvalue weighted by atomic mass is 79.9. The Morgan fingerprint density at radius 3 is 2.75 bits per heavy atom. The van der Waals surface area contributed by atoms with Crippen LogP contribution in [0, 0.1) is 6.92 Å². The Hall–Kier alpha value is -1.31. The van der Waals surface area contributed by atoms with Crippen molar-refractivity contribution in [2.75, 3.05) is 10.5 Å². The van der Waals surface area contributed by atoms with Crippen LogP contribution >= 0.6 is 27.5 Å². The topological polar surface area (TPSA) is 85.1 Å². The number of anilines is 2. The van der Waals surface area contributed by atoms with Gasteiger partial charge in [-0.2, -0.15) is 0 Å². The van der Waals surface area contributed by atoms with Crippen LogP contribution in [-0.2, 0) is 10.0 Å². The smallest absolute Gasteiger partial charge is 0.262 e. The SMILES string of the molecule is Cc1ccc(N)cc1S(=O)(=O)Nc1cc(Br)cnc1Cl. The molecule has 0 aliphatic heterocycles. The van der Waals surface area contributed by atoms with Crippen LogP contribution in [0.5, 0.6) is 0 Å². The van der Waals surface area contributed by atoms with Gasteiger partial charge >= 0.3 is 0 Å². The molecule has 0 saturated heterocycles. The van der Waals surface area contributed by atoms with Crippen molar-refractivity contribution in [3.8, 4) is 0 Å². The molecule has 2 aromatic rings. The molecule has 0 radical (unpaired) electrons. The lowest BCUT2D eigenvalue weighted by molar-refractivity contribution is 0.600. The number of hydrogen-bond acceptors (Lipinski definition) is 4. The number of nitrogens with zero attached hydrogens (tertiary/aromatic N) is 1. The fourth-order valence-corrected chi connectivity index (χ4v) is 3.48. The average molecular weight is 377 g/mol. The second-order valence-electron chi connectivity index (χ2n) is 4.12. The largest absolute Gasteiger partial charge is 0.399 e. The minimum absolute atomic E-state index is 0.0679. The van der Waals surface area contributed by atoms with Crippen LogP contribution in [0.15, 0.2) is 39.8 Å². The van der Waals surface area contributed by atoms with E-state index in [0.29, 0.717) is 15.7 Å². The van der Waals surface area contributed by atoms with Gasteiger partial charge in [0.05, 0.1) is 10.6 Å². The molecule has 0 saturated carbocycles. The van der Waals surface area contributed by atoms with E-state index in [9.17, 15) is 8.42 Å². The van der Waals surface area contributed by atoms with Crippen LogP contribution in [-0.4, -0.2) is 13.4 Å². The molecular formula is C12H11BrClN3O2S. The Balaban J connectivity index is 2.46. The van der Waals surface area contributed by atoms with Gasteiger partial charge in [-0.1, -0.05) is 17.7 Å². The fourth-order valence-electron chi connectivity index (χ4n) is 1.60. The molecule has 0 amide bonds. The monoisotopic (exact) mass is 375 g/mol. The van der Waals surface area contributed by atoms with Gasteiger partial charge in [0.15, 0.2) is 5.15 Å². The first kappa shape index (κ1) is 15.1. The Labute approximate surface area is 130 Å². The van der Waals surface area contributed by atoms with Gasteiger partial charge in [0.1, 0.15) is 0 Å². The van der Waals surface area contributed by atoms with Crippen molar-refractivity contribution < 1.29 is 8.42 Å². The summed E-state index contributed by atoms with van der Waals surface area (Å²) in [6, 6.07) is 6.22. The highest BCUT2D eigenvalue weighted by molar-refractivity contribution is 9.10. The van der Waals surface area contributed by atoms with Gasteiger partial charge in [0.2, 0.25) is 0 Å². The van der Waals surface area contributed by atoms with E-state index in [1.165, 1.54) is 18.3 Å². The van der Waals surface area contributed by atoms with Gasteiger partial charge in [-0.05, 0) is 46.6 Å². The van der Waals surface area contributed by atoms with Gasteiger partial charge in [-0.3, -0.25) is 4.72 Å². The highest BCUT2D eigenvalue weighted by Gasteiger charge is 2.19. The third kappa shape index (κ3) is 3.23. The van der Waals surface area contributed by atoms with Gasteiger partial charge in [-0.15, -0.1) is 0 Å².